The van der Waals surface area contributed by atoms with Crippen molar-refractivity contribution < 1.29 is 18.0 Å². The number of halogens is 3. The zero-order valence-corrected chi connectivity index (χ0v) is 13.5. The Hall–Kier alpha value is -2.35. The van der Waals surface area contributed by atoms with Crippen molar-refractivity contribution in [3.05, 3.63) is 48.3 Å². The van der Waals surface area contributed by atoms with Crippen molar-refractivity contribution in [1.82, 2.24) is 15.1 Å². The maximum atomic E-state index is 13.0. The quantitative estimate of drug-likeness (QED) is 0.890. The summed E-state index contributed by atoms with van der Waals surface area (Å²) in [6.45, 7) is 1.34. The Bertz CT molecular complexity index is 722. The number of carbonyl (C=O) groups excluding carboxylic acids is 1. The normalized spacial score (nSPS) is 17.2. The number of alkyl halides is 3. The molecule has 0 spiro atoms. The molecule has 0 radical (unpaired) electrons. The van der Waals surface area contributed by atoms with E-state index >= 15 is 0 Å². The van der Waals surface area contributed by atoms with Crippen molar-refractivity contribution in [1.29, 1.82) is 0 Å². The van der Waals surface area contributed by atoms with Crippen LogP contribution in [0.3, 0.4) is 0 Å². The SMILES string of the molecule is O=C(Nc1cccc(CC(F)(F)F)c1)C1(n2cccn2)CCNCC1. The van der Waals surface area contributed by atoms with Crippen molar-refractivity contribution >= 4 is 11.6 Å². The van der Waals surface area contributed by atoms with Crippen molar-refractivity contribution in [2.45, 2.75) is 31.0 Å². The average molecular weight is 352 g/mol. The molecule has 0 unspecified atom stereocenters. The lowest BCUT2D eigenvalue weighted by Crippen LogP contribution is -2.52. The van der Waals surface area contributed by atoms with Crippen LogP contribution in [0.25, 0.3) is 0 Å². The molecular formula is C17H19F3N4O. The Morgan fingerprint density at radius 2 is 2.04 bits per heavy atom. The maximum Gasteiger partial charge on any atom is 0.393 e. The van der Waals surface area contributed by atoms with Gasteiger partial charge >= 0.3 is 6.18 Å². The van der Waals surface area contributed by atoms with Gasteiger partial charge in [-0.1, -0.05) is 12.1 Å². The van der Waals surface area contributed by atoms with Crippen molar-refractivity contribution in [3.63, 3.8) is 0 Å². The van der Waals surface area contributed by atoms with E-state index in [1.165, 1.54) is 18.2 Å². The highest BCUT2D eigenvalue weighted by Crippen LogP contribution is 2.29. The van der Waals surface area contributed by atoms with Crippen LogP contribution in [-0.4, -0.2) is 35.0 Å². The highest BCUT2D eigenvalue weighted by Gasteiger charge is 2.42. The molecule has 0 atom stereocenters. The van der Waals surface area contributed by atoms with Crippen LogP contribution in [0.4, 0.5) is 18.9 Å². The van der Waals surface area contributed by atoms with Crippen LogP contribution in [0.1, 0.15) is 18.4 Å². The first-order valence-electron chi connectivity index (χ1n) is 8.07. The van der Waals surface area contributed by atoms with Gasteiger partial charge in [0.15, 0.2) is 0 Å². The fourth-order valence-corrected chi connectivity index (χ4v) is 3.16. The number of anilines is 1. The number of carbonyl (C=O) groups is 1. The van der Waals surface area contributed by atoms with E-state index in [4.69, 9.17) is 0 Å². The number of piperidine rings is 1. The second kappa shape index (κ2) is 6.87. The summed E-state index contributed by atoms with van der Waals surface area (Å²) in [6.07, 6.45) is -0.837. The molecule has 1 amide bonds. The fraction of sp³-hybridized carbons (Fsp3) is 0.412. The third-order valence-corrected chi connectivity index (χ3v) is 4.39. The van der Waals surface area contributed by atoms with Crippen molar-refractivity contribution in [2.75, 3.05) is 18.4 Å². The van der Waals surface area contributed by atoms with Gasteiger partial charge in [0, 0.05) is 18.1 Å². The summed E-state index contributed by atoms with van der Waals surface area (Å²) in [5.74, 6) is -0.262. The molecular weight excluding hydrogens is 333 g/mol. The lowest BCUT2D eigenvalue weighted by atomic mass is 9.87. The molecule has 2 aromatic rings. The lowest BCUT2D eigenvalue weighted by Gasteiger charge is -2.36. The molecule has 0 aliphatic carbocycles. The topological polar surface area (TPSA) is 59.0 Å². The highest BCUT2D eigenvalue weighted by atomic mass is 19.4. The molecule has 0 bridgehead atoms. The van der Waals surface area contributed by atoms with Crippen molar-refractivity contribution in [3.8, 4) is 0 Å². The first-order chi connectivity index (χ1) is 11.9. The van der Waals surface area contributed by atoms with Gasteiger partial charge in [-0.2, -0.15) is 18.3 Å². The van der Waals surface area contributed by atoms with Crippen molar-refractivity contribution in [2.24, 2.45) is 0 Å². The van der Waals surface area contributed by atoms with Crippen LogP contribution in [0, 0.1) is 0 Å². The summed E-state index contributed by atoms with van der Waals surface area (Å²) in [5, 5.41) is 10.2. The number of amides is 1. The van der Waals surface area contributed by atoms with E-state index in [1.54, 1.807) is 29.2 Å². The number of nitrogens with one attached hydrogen (secondary N) is 2. The van der Waals surface area contributed by atoms with Crippen LogP contribution in [-0.2, 0) is 16.8 Å². The zero-order chi connectivity index (χ0) is 17.9. The van der Waals surface area contributed by atoms with E-state index < -0.39 is 18.1 Å². The van der Waals surface area contributed by atoms with Crippen LogP contribution in [0.2, 0.25) is 0 Å². The van der Waals surface area contributed by atoms with Gasteiger partial charge in [0.25, 0.3) is 5.91 Å². The van der Waals surface area contributed by atoms with Gasteiger partial charge in [0.05, 0.1) is 6.42 Å². The van der Waals surface area contributed by atoms with E-state index in [1.807, 2.05) is 0 Å². The van der Waals surface area contributed by atoms with Gasteiger partial charge in [0.1, 0.15) is 5.54 Å². The predicted octanol–water partition coefficient (Wildman–Crippen LogP) is 2.71. The Balaban J connectivity index is 1.81. The molecule has 134 valence electrons. The van der Waals surface area contributed by atoms with E-state index in [2.05, 4.69) is 15.7 Å². The van der Waals surface area contributed by atoms with Crippen LogP contribution < -0.4 is 10.6 Å². The van der Waals surface area contributed by atoms with E-state index in [0.717, 1.165) is 0 Å². The third-order valence-electron chi connectivity index (χ3n) is 4.39. The first-order valence-corrected chi connectivity index (χ1v) is 8.07. The van der Waals surface area contributed by atoms with Gasteiger partial charge in [0.2, 0.25) is 0 Å². The lowest BCUT2D eigenvalue weighted by molar-refractivity contribution is -0.127. The molecule has 8 heteroatoms. The van der Waals surface area contributed by atoms with Gasteiger partial charge in [-0.25, -0.2) is 0 Å². The standard InChI is InChI=1S/C17H19F3N4O/c18-17(19,20)12-13-3-1-4-14(11-13)23-15(25)16(5-8-21-9-6-16)24-10-2-7-22-24/h1-4,7,10-11,21H,5-6,8-9,12H2,(H,23,25). The monoisotopic (exact) mass is 352 g/mol. The number of hydrogen-bond donors (Lipinski definition) is 2. The smallest absolute Gasteiger partial charge is 0.324 e. The molecule has 1 saturated heterocycles. The van der Waals surface area contributed by atoms with Gasteiger partial charge < -0.3 is 10.6 Å². The maximum absolute atomic E-state index is 13.0. The van der Waals surface area contributed by atoms with Crippen LogP contribution in [0.15, 0.2) is 42.7 Å². The Morgan fingerprint density at radius 3 is 2.68 bits per heavy atom. The molecule has 2 heterocycles. The summed E-state index contributed by atoms with van der Waals surface area (Å²) in [6, 6.07) is 7.62. The second-order valence-electron chi connectivity index (χ2n) is 6.18. The molecule has 0 saturated carbocycles. The Kier molecular flexibility index (Phi) is 4.80. The molecule has 3 rings (SSSR count). The molecule has 1 aromatic heterocycles. The molecule has 25 heavy (non-hydrogen) atoms. The average Bonchev–Trinajstić information content (AvgIpc) is 3.09. The number of aromatic nitrogens is 2. The largest absolute Gasteiger partial charge is 0.393 e. The number of benzene rings is 1. The molecule has 2 N–H and O–H groups in total. The molecule has 1 fully saturated rings. The summed E-state index contributed by atoms with van der Waals surface area (Å²) in [5.41, 5.74) is -0.366. The molecule has 1 aromatic carbocycles. The van der Waals surface area contributed by atoms with E-state index in [0.29, 0.717) is 31.6 Å². The summed E-state index contributed by atoms with van der Waals surface area (Å²) in [4.78, 5) is 13.0. The fourth-order valence-electron chi connectivity index (χ4n) is 3.16. The minimum atomic E-state index is -4.28. The van der Waals surface area contributed by atoms with E-state index in [9.17, 15) is 18.0 Å². The molecule has 1 aliphatic heterocycles. The molecule has 5 nitrogen and oxygen atoms in total. The van der Waals surface area contributed by atoms with Gasteiger partial charge in [-0.15, -0.1) is 0 Å². The third kappa shape index (κ3) is 4.01. The van der Waals surface area contributed by atoms with E-state index in [-0.39, 0.29) is 11.5 Å². The van der Waals surface area contributed by atoms with Crippen LogP contribution >= 0.6 is 0 Å². The van der Waals surface area contributed by atoms with Gasteiger partial charge in [-0.05, 0) is 49.7 Å². The predicted molar refractivity (Wildman–Crippen MR) is 87.1 cm³/mol. The minimum Gasteiger partial charge on any atom is -0.324 e. The second-order valence-corrected chi connectivity index (χ2v) is 6.18. The highest BCUT2D eigenvalue weighted by molar-refractivity contribution is 5.96. The number of hydrogen-bond acceptors (Lipinski definition) is 3. The van der Waals surface area contributed by atoms with Crippen LogP contribution in [0.5, 0.6) is 0 Å². The molecule has 1 aliphatic rings. The minimum absolute atomic E-state index is 0.115. The Labute approximate surface area is 143 Å². The zero-order valence-electron chi connectivity index (χ0n) is 13.5. The number of rotatable bonds is 4. The summed E-state index contributed by atoms with van der Waals surface area (Å²) >= 11 is 0. The summed E-state index contributed by atoms with van der Waals surface area (Å²) < 4.78 is 39.3. The first kappa shape index (κ1) is 17.5. The van der Waals surface area contributed by atoms with Gasteiger partial charge in [-0.3, -0.25) is 9.48 Å². The Morgan fingerprint density at radius 1 is 1.28 bits per heavy atom. The number of nitrogens with zero attached hydrogens (tertiary/aromatic N) is 2. The summed E-state index contributed by atoms with van der Waals surface area (Å²) in [7, 11) is 0.